The number of nitrogens with one attached hydrogen (secondary N) is 1. The smallest absolute Gasteiger partial charge is 0.343 e. The summed E-state index contributed by atoms with van der Waals surface area (Å²) in [5, 5.41) is 15.5. The highest BCUT2D eigenvalue weighted by Gasteiger charge is 2.30. The Labute approximate surface area is 101 Å². The normalized spacial score (nSPS) is 24.1. The number of nitrogens with zero attached hydrogens (tertiary/aromatic N) is 2. The molecule has 8 heteroatoms. The van der Waals surface area contributed by atoms with Gasteiger partial charge in [-0.05, 0) is 12.8 Å². The van der Waals surface area contributed by atoms with Gasteiger partial charge in [0.15, 0.2) is 11.3 Å². The third-order valence-corrected chi connectivity index (χ3v) is 3.78. The van der Waals surface area contributed by atoms with Crippen LogP contribution < -0.4 is 5.69 Å². The zero-order chi connectivity index (χ0) is 12.4. The largest absolute Gasteiger partial charge is 0.479 e. The molecule has 0 radical (unpaired) electrons. The van der Waals surface area contributed by atoms with Crippen LogP contribution in [0.25, 0.3) is 0 Å². The van der Waals surface area contributed by atoms with E-state index in [2.05, 4.69) is 10.2 Å². The summed E-state index contributed by atoms with van der Waals surface area (Å²) in [4.78, 5) is 21.8. The Morgan fingerprint density at radius 1 is 1.71 bits per heavy atom. The molecule has 1 aromatic heterocycles. The number of ether oxygens (including phenoxy) is 1. The van der Waals surface area contributed by atoms with E-state index in [0.717, 1.165) is 6.42 Å². The van der Waals surface area contributed by atoms with Gasteiger partial charge in [-0.25, -0.2) is 14.7 Å². The van der Waals surface area contributed by atoms with Crippen LogP contribution in [0.2, 0.25) is 0 Å². The van der Waals surface area contributed by atoms with Crippen molar-refractivity contribution < 1.29 is 14.6 Å². The monoisotopic (exact) mass is 259 g/mol. The number of carboxylic acids is 1. The molecule has 0 aliphatic carbocycles. The van der Waals surface area contributed by atoms with Crippen LogP contribution in [-0.2, 0) is 16.6 Å². The van der Waals surface area contributed by atoms with Crippen LogP contribution in [0.4, 0.5) is 0 Å². The SMILES string of the molecule is Cn1c(SCC2CCC(C(=O)O)O2)n[nH]c1=O. The maximum Gasteiger partial charge on any atom is 0.343 e. The van der Waals surface area contributed by atoms with Crippen molar-refractivity contribution in [3.8, 4) is 0 Å². The van der Waals surface area contributed by atoms with Crippen molar-refractivity contribution in [2.75, 3.05) is 5.75 Å². The van der Waals surface area contributed by atoms with E-state index >= 15 is 0 Å². The minimum absolute atomic E-state index is 0.0899. The molecule has 1 fully saturated rings. The first-order valence-electron chi connectivity index (χ1n) is 5.20. The van der Waals surface area contributed by atoms with E-state index in [4.69, 9.17) is 9.84 Å². The van der Waals surface area contributed by atoms with Gasteiger partial charge in [0.1, 0.15) is 0 Å². The van der Waals surface area contributed by atoms with Crippen molar-refractivity contribution >= 4 is 17.7 Å². The molecular weight excluding hydrogens is 246 g/mol. The predicted molar refractivity (Wildman–Crippen MR) is 60.1 cm³/mol. The maximum atomic E-state index is 11.1. The van der Waals surface area contributed by atoms with Crippen molar-refractivity contribution in [1.29, 1.82) is 0 Å². The highest BCUT2D eigenvalue weighted by Crippen LogP contribution is 2.25. The van der Waals surface area contributed by atoms with Gasteiger partial charge in [-0.15, -0.1) is 5.10 Å². The molecule has 0 spiro atoms. The van der Waals surface area contributed by atoms with Gasteiger partial charge in [-0.3, -0.25) is 4.57 Å². The average molecular weight is 259 g/mol. The lowest BCUT2D eigenvalue weighted by atomic mass is 10.2. The summed E-state index contributed by atoms with van der Waals surface area (Å²) >= 11 is 1.38. The molecule has 2 rings (SSSR count). The lowest BCUT2D eigenvalue weighted by molar-refractivity contribution is -0.148. The summed E-state index contributed by atoms with van der Waals surface area (Å²) in [6, 6.07) is 0. The van der Waals surface area contributed by atoms with Gasteiger partial charge in [0.05, 0.1) is 6.10 Å². The molecule has 0 bridgehead atoms. The van der Waals surface area contributed by atoms with Crippen LogP contribution in [0.1, 0.15) is 12.8 Å². The van der Waals surface area contributed by atoms with Gasteiger partial charge in [0, 0.05) is 12.8 Å². The third kappa shape index (κ3) is 2.70. The molecule has 2 N–H and O–H groups in total. The Morgan fingerprint density at radius 2 is 2.47 bits per heavy atom. The number of aromatic nitrogens is 3. The van der Waals surface area contributed by atoms with Gasteiger partial charge >= 0.3 is 11.7 Å². The number of carboxylic acid groups (broad SMARTS) is 1. The molecule has 94 valence electrons. The van der Waals surface area contributed by atoms with Gasteiger partial charge in [-0.1, -0.05) is 11.8 Å². The molecule has 2 heterocycles. The molecule has 1 aliphatic rings. The number of H-pyrrole nitrogens is 1. The quantitative estimate of drug-likeness (QED) is 0.729. The molecule has 1 aromatic rings. The van der Waals surface area contributed by atoms with Gasteiger partial charge in [0.2, 0.25) is 0 Å². The standard InChI is InChI=1S/C9H13N3O4S/c1-12-8(15)10-11-9(12)17-4-5-2-3-6(16-5)7(13)14/h5-6H,2-4H2,1H3,(H,10,15)(H,13,14). The minimum Gasteiger partial charge on any atom is -0.479 e. The topological polar surface area (TPSA) is 97.2 Å². The molecule has 1 saturated heterocycles. The summed E-state index contributed by atoms with van der Waals surface area (Å²) in [5.41, 5.74) is -0.261. The Bertz CT molecular complexity index is 469. The maximum absolute atomic E-state index is 11.1. The molecule has 0 amide bonds. The zero-order valence-corrected chi connectivity index (χ0v) is 10.1. The van der Waals surface area contributed by atoms with Crippen molar-refractivity contribution in [3.63, 3.8) is 0 Å². The van der Waals surface area contributed by atoms with Crippen LogP contribution in [0, 0.1) is 0 Å². The number of hydrogen-bond donors (Lipinski definition) is 2. The lowest BCUT2D eigenvalue weighted by Crippen LogP contribution is -2.21. The fourth-order valence-electron chi connectivity index (χ4n) is 1.64. The molecule has 0 saturated carbocycles. The van der Waals surface area contributed by atoms with Crippen LogP contribution in [0.15, 0.2) is 9.95 Å². The second-order valence-electron chi connectivity index (χ2n) is 3.84. The third-order valence-electron chi connectivity index (χ3n) is 2.62. The van der Waals surface area contributed by atoms with E-state index in [1.54, 1.807) is 7.05 Å². The van der Waals surface area contributed by atoms with Crippen LogP contribution in [0.5, 0.6) is 0 Å². The number of hydrogen-bond acceptors (Lipinski definition) is 5. The highest BCUT2D eigenvalue weighted by atomic mass is 32.2. The second-order valence-corrected chi connectivity index (χ2v) is 4.83. The Hall–Kier alpha value is -1.28. The summed E-state index contributed by atoms with van der Waals surface area (Å²) in [5.74, 6) is -0.313. The number of aromatic amines is 1. The molecular formula is C9H13N3O4S. The van der Waals surface area contributed by atoms with E-state index in [9.17, 15) is 9.59 Å². The fourth-order valence-corrected chi connectivity index (χ4v) is 2.61. The van der Waals surface area contributed by atoms with E-state index in [0.29, 0.717) is 17.3 Å². The average Bonchev–Trinajstić information content (AvgIpc) is 2.86. The molecule has 7 nitrogen and oxygen atoms in total. The zero-order valence-electron chi connectivity index (χ0n) is 9.25. The fraction of sp³-hybridized carbons (Fsp3) is 0.667. The first kappa shape index (κ1) is 12.2. The Kier molecular flexibility index (Phi) is 3.53. The Morgan fingerprint density at radius 3 is 3.00 bits per heavy atom. The lowest BCUT2D eigenvalue weighted by Gasteiger charge is -2.09. The second kappa shape index (κ2) is 4.92. The van der Waals surface area contributed by atoms with Crippen LogP contribution >= 0.6 is 11.8 Å². The predicted octanol–water partition coefficient (Wildman–Crippen LogP) is -0.167. The molecule has 2 unspecified atom stereocenters. The van der Waals surface area contributed by atoms with E-state index in [1.165, 1.54) is 16.3 Å². The summed E-state index contributed by atoms with van der Waals surface area (Å²) in [6.07, 6.45) is 0.485. The minimum atomic E-state index is -0.912. The molecule has 2 atom stereocenters. The summed E-state index contributed by atoms with van der Waals surface area (Å²) < 4.78 is 6.76. The van der Waals surface area contributed by atoms with E-state index < -0.39 is 12.1 Å². The van der Waals surface area contributed by atoms with Gasteiger partial charge < -0.3 is 9.84 Å². The van der Waals surface area contributed by atoms with Crippen molar-refractivity contribution in [3.05, 3.63) is 10.5 Å². The first-order chi connectivity index (χ1) is 8.08. The van der Waals surface area contributed by atoms with Gasteiger partial charge in [-0.2, -0.15) is 0 Å². The van der Waals surface area contributed by atoms with Crippen LogP contribution in [0.3, 0.4) is 0 Å². The molecule has 17 heavy (non-hydrogen) atoms. The van der Waals surface area contributed by atoms with E-state index in [-0.39, 0.29) is 11.8 Å². The number of rotatable bonds is 4. The molecule has 1 aliphatic heterocycles. The van der Waals surface area contributed by atoms with Crippen molar-refractivity contribution in [2.45, 2.75) is 30.2 Å². The Balaban J connectivity index is 1.86. The number of thioether (sulfide) groups is 1. The van der Waals surface area contributed by atoms with Crippen molar-refractivity contribution in [1.82, 2.24) is 14.8 Å². The van der Waals surface area contributed by atoms with Gasteiger partial charge in [0.25, 0.3) is 0 Å². The highest BCUT2D eigenvalue weighted by molar-refractivity contribution is 7.99. The number of carbonyl (C=O) groups is 1. The summed E-state index contributed by atoms with van der Waals surface area (Å²) in [7, 11) is 1.63. The van der Waals surface area contributed by atoms with Crippen LogP contribution in [-0.4, -0.2) is 43.8 Å². The van der Waals surface area contributed by atoms with E-state index in [1.807, 2.05) is 0 Å². The first-order valence-corrected chi connectivity index (χ1v) is 6.19. The number of aliphatic carboxylic acids is 1. The molecule has 0 aromatic carbocycles. The van der Waals surface area contributed by atoms with Crippen molar-refractivity contribution in [2.24, 2.45) is 7.05 Å². The summed E-state index contributed by atoms with van der Waals surface area (Å²) in [6.45, 7) is 0.